The SMILES string of the molecule is CN=C(NCc1nncn1-c1ccccc1)NCC(C)Oc1cccc(C)c1.I. The summed E-state index contributed by atoms with van der Waals surface area (Å²) in [6.07, 6.45) is 1.70. The van der Waals surface area contributed by atoms with Gasteiger partial charge in [0.1, 0.15) is 18.2 Å². The topological polar surface area (TPSA) is 76.4 Å². The van der Waals surface area contributed by atoms with Crippen LogP contribution in [0.4, 0.5) is 0 Å². The van der Waals surface area contributed by atoms with Crippen molar-refractivity contribution in [3.63, 3.8) is 0 Å². The molecule has 0 aliphatic heterocycles. The van der Waals surface area contributed by atoms with Crippen molar-refractivity contribution in [1.29, 1.82) is 0 Å². The molecule has 0 aliphatic rings. The standard InChI is InChI=1S/C21H26N6O.HI/c1-16-8-7-11-19(12-16)28-17(2)13-23-21(22-3)24-14-20-26-25-15-27(20)18-9-5-4-6-10-18;/h4-12,15,17H,13-14H2,1-3H3,(H2,22,23,24);1H. The summed E-state index contributed by atoms with van der Waals surface area (Å²) in [7, 11) is 1.74. The molecule has 8 heteroatoms. The monoisotopic (exact) mass is 506 g/mol. The van der Waals surface area contributed by atoms with Gasteiger partial charge in [0.15, 0.2) is 11.8 Å². The molecule has 0 fully saturated rings. The smallest absolute Gasteiger partial charge is 0.191 e. The highest BCUT2D eigenvalue weighted by molar-refractivity contribution is 14.0. The molecule has 3 aromatic rings. The molecule has 3 rings (SSSR count). The van der Waals surface area contributed by atoms with Gasteiger partial charge < -0.3 is 15.4 Å². The van der Waals surface area contributed by atoms with Crippen molar-refractivity contribution in [3.05, 3.63) is 72.3 Å². The van der Waals surface area contributed by atoms with Gasteiger partial charge in [-0.1, -0.05) is 30.3 Å². The second-order valence-electron chi connectivity index (χ2n) is 6.50. The number of halogens is 1. The molecule has 0 amide bonds. The molecule has 1 atom stereocenters. The highest BCUT2D eigenvalue weighted by atomic mass is 127. The van der Waals surface area contributed by atoms with Crippen molar-refractivity contribution >= 4 is 29.9 Å². The van der Waals surface area contributed by atoms with E-state index in [-0.39, 0.29) is 30.1 Å². The summed E-state index contributed by atoms with van der Waals surface area (Å²) in [5.41, 5.74) is 2.20. The van der Waals surface area contributed by atoms with Crippen molar-refractivity contribution in [2.24, 2.45) is 4.99 Å². The number of nitrogens with one attached hydrogen (secondary N) is 2. The normalized spacial score (nSPS) is 12.0. The van der Waals surface area contributed by atoms with E-state index in [0.717, 1.165) is 17.3 Å². The maximum Gasteiger partial charge on any atom is 0.191 e. The lowest BCUT2D eigenvalue weighted by molar-refractivity contribution is 0.223. The fraction of sp³-hybridized carbons (Fsp3) is 0.286. The highest BCUT2D eigenvalue weighted by Crippen LogP contribution is 2.14. The summed E-state index contributed by atoms with van der Waals surface area (Å²) in [5, 5.41) is 14.8. The summed E-state index contributed by atoms with van der Waals surface area (Å²) in [6, 6.07) is 18.0. The van der Waals surface area contributed by atoms with E-state index in [1.807, 2.05) is 60.0 Å². The number of aromatic nitrogens is 3. The minimum absolute atomic E-state index is 0. The predicted molar refractivity (Wildman–Crippen MR) is 126 cm³/mol. The van der Waals surface area contributed by atoms with Crippen LogP contribution in [0.5, 0.6) is 5.75 Å². The van der Waals surface area contributed by atoms with Gasteiger partial charge in [0, 0.05) is 12.7 Å². The van der Waals surface area contributed by atoms with Crippen LogP contribution in [-0.2, 0) is 6.54 Å². The van der Waals surface area contributed by atoms with E-state index in [4.69, 9.17) is 4.74 Å². The summed E-state index contributed by atoms with van der Waals surface area (Å²) >= 11 is 0. The number of hydrogen-bond acceptors (Lipinski definition) is 4. The first-order chi connectivity index (χ1) is 13.7. The minimum Gasteiger partial charge on any atom is -0.489 e. The van der Waals surface area contributed by atoms with Crippen LogP contribution in [0.1, 0.15) is 18.3 Å². The zero-order valence-electron chi connectivity index (χ0n) is 16.9. The third-order valence-corrected chi connectivity index (χ3v) is 4.17. The Bertz CT molecular complexity index is 912. The van der Waals surface area contributed by atoms with E-state index >= 15 is 0 Å². The Morgan fingerprint density at radius 3 is 2.66 bits per heavy atom. The number of aliphatic imine (C=N–C) groups is 1. The van der Waals surface area contributed by atoms with E-state index in [1.165, 1.54) is 5.56 Å². The molecule has 2 aromatic carbocycles. The van der Waals surface area contributed by atoms with Gasteiger partial charge in [0.25, 0.3) is 0 Å². The number of para-hydroxylation sites is 1. The molecule has 7 nitrogen and oxygen atoms in total. The van der Waals surface area contributed by atoms with Gasteiger partial charge in [0.2, 0.25) is 0 Å². The fourth-order valence-corrected chi connectivity index (χ4v) is 2.77. The number of nitrogens with zero attached hydrogens (tertiary/aromatic N) is 4. The lowest BCUT2D eigenvalue weighted by atomic mass is 10.2. The van der Waals surface area contributed by atoms with Gasteiger partial charge >= 0.3 is 0 Å². The zero-order valence-corrected chi connectivity index (χ0v) is 19.2. The first-order valence-electron chi connectivity index (χ1n) is 9.28. The van der Waals surface area contributed by atoms with Crippen LogP contribution in [-0.4, -0.2) is 40.4 Å². The summed E-state index contributed by atoms with van der Waals surface area (Å²) in [6.45, 7) is 5.20. The molecule has 1 heterocycles. The molecule has 1 aromatic heterocycles. The molecule has 0 radical (unpaired) electrons. The first-order valence-corrected chi connectivity index (χ1v) is 9.28. The van der Waals surface area contributed by atoms with Crippen molar-refractivity contribution in [2.45, 2.75) is 26.5 Å². The van der Waals surface area contributed by atoms with Gasteiger partial charge in [-0.2, -0.15) is 0 Å². The molecular weight excluding hydrogens is 479 g/mol. The van der Waals surface area contributed by atoms with Crippen LogP contribution in [0.3, 0.4) is 0 Å². The van der Waals surface area contributed by atoms with Crippen molar-refractivity contribution < 1.29 is 4.74 Å². The van der Waals surface area contributed by atoms with E-state index < -0.39 is 0 Å². The third-order valence-electron chi connectivity index (χ3n) is 4.17. The molecule has 29 heavy (non-hydrogen) atoms. The molecule has 2 N–H and O–H groups in total. The molecule has 0 bridgehead atoms. The van der Waals surface area contributed by atoms with E-state index in [1.54, 1.807) is 13.4 Å². The Labute approximate surface area is 188 Å². The van der Waals surface area contributed by atoms with Gasteiger partial charge in [0.05, 0.1) is 13.1 Å². The summed E-state index contributed by atoms with van der Waals surface area (Å²) < 4.78 is 7.89. The number of aryl methyl sites for hydroxylation is 1. The fourth-order valence-electron chi connectivity index (χ4n) is 2.77. The second-order valence-corrected chi connectivity index (χ2v) is 6.50. The highest BCUT2D eigenvalue weighted by Gasteiger charge is 2.09. The summed E-state index contributed by atoms with van der Waals surface area (Å²) in [5.74, 6) is 2.36. The number of rotatable bonds is 7. The van der Waals surface area contributed by atoms with Crippen molar-refractivity contribution in [1.82, 2.24) is 25.4 Å². The van der Waals surface area contributed by atoms with Gasteiger partial charge in [-0.25, -0.2) is 0 Å². The maximum atomic E-state index is 5.95. The number of ether oxygens (including phenoxy) is 1. The largest absolute Gasteiger partial charge is 0.489 e. The minimum atomic E-state index is -0.00618. The van der Waals surface area contributed by atoms with E-state index in [2.05, 4.69) is 38.8 Å². The molecule has 1 unspecified atom stereocenters. The molecule has 0 saturated carbocycles. The van der Waals surface area contributed by atoms with Crippen molar-refractivity contribution in [3.8, 4) is 11.4 Å². The number of benzene rings is 2. The first kappa shape index (κ1) is 22.7. The van der Waals surface area contributed by atoms with Crippen LogP contribution in [0.25, 0.3) is 5.69 Å². The lowest BCUT2D eigenvalue weighted by Gasteiger charge is -2.18. The Hall–Kier alpha value is -2.62. The average Bonchev–Trinajstić information content (AvgIpc) is 3.17. The third kappa shape index (κ3) is 6.74. The Balaban J connectivity index is 0.00000300. The zero-order chi connectivity index (χ0) is 19.8. The van der Waals surface area contributed by atoms with E-state index in [0.29, 0.717) is 19.0 Å². The summed E-state index contributed by atoms with van der Waals surface area (Å²) in [4.78, 5) is 4.26. The Morgan fingerprint density at radius 1 is 1.14 bits per heavy atom. The number of hydrogen-bond donors (Lipinski definition) is 2. The molecule has 0 aliphatic carbocycles. The molecule has 154 valence electrons. The van der Waals surface area contributed by atoms with E-state index in [9.17, 15) is 0 Å². The van der Waals surface area contributed by atoms with Crippen LogP contribution in [0, 0.1) is 6.92 Å². The Morgan fingerprint density at radius 2 is 1.93 bits per heavy atom. The Kier molecular flexibility index (Phi) is 8.91. The van der Waals surface area contributed by atoms with Gasteiger partial charge in [-0.3, -0.25) is 9.56 Å². The molecule has 0 saturated heterocycles. The van der Waals surface area contributed by atoms with Gasteiger partial charge in [-0.05, 0) is 43.7 Å². The van der Waals surface area contributed by atoms with Crippen LogP contribution < -0.4 is 15.4 Å². The van der Waals surface area contributed by atoms with Crippen LogP contribution in [0.15, 0.2) is 65.9 Å². The molecule has 0 spiro atoms. The van der Waals surface area contributed by atoms with Crippen molar-refractivity contribution in [2.75, 3.05) is 13.6 Å². The number of guanidine groups is 1. The quantitative estimate of drug-likeness (QED) is 0.292. The van der Waals surface area contributed by atoms with Gasteiger partial charge in [-0.15, -0.1) is 34.2 Å². The average molecular weight is 506 g/mol. The molecular formula is C21H27IN6O. The van der Waals surface area contributed by atoms with Crippen LogP contribution >= 0.6 is 24.0 Å². The second kappa shape index (κ2) is 11.4. The maximum absolute atomic E-state index is 5.95. The predicted octanol–water partition coefficient (Wildman–Crippen LogP) is 3.33. The van der Waals surface area contributed by atoms with Crippen LogP contribution in [0.2, 0.25) is 0 Å². The lowest BCUT2D eigenvalue weighted by Crippen LogP contribution is -2.41.